The lowest BCUT2D eigenvalue weighted by Gasteiger charge is -2.14. The monoisotopic (exact) mass is 419 g/mol. The van der Waals surface area contributed by atoms with Crippen molar-refractivity contribution in [2.45, 2.75) is 26.0 Å². The molecule has 0 radical (unpaired) electrons. The highest BCUT2D eigenvalue weighted by Crippen LogP contribution is 2.25. The highest BCUT2D eigenvalue weighted by Gasteiger charge is 2.07. The molecule has 1 unspecified atom stereocenters. The number of rotatable bonds is 8. The number of aliphatic hydroxyl groups is 1. The smallest absolute Gasteiger partial charge is 0.191 e. The standard InChI is InChI=1S/C20H26BrN3O2/c1-3-22-20(23-12-11-18(25)16-7-5-4-6-8-16)24-14-15-9-10-19(26-2)17(21)13-15/h4-10,13,18,25H,3,11-12,14H2,1-2H3,(H2,22,23,24). The summed E-state index contributed by atoms with van der Waals surface area (Å²) >= 11 is 3.49. The van der Waals surface area contributed by atoms with Crippen LogP contribution in [0.15, 0.2) is 58.0 Å². The molecule has 6 heteroatoms. The van der Waals surface area contributed by atoms with Crippen molar-refractivity contribution >= 4 is 21.9 Å². The van der Waals surface area contributed by atoms with E-state index in [1.54, 1.807) is 7.11 Å². The second-order valence-corrected chi connectivity index (χ2v) is 6.66. The molecule has 5 nitrogen and oxygen atoms in total. The van der Waals surface area contributed by atoms with Gasteiger partial charge in [0, 0.05) is 13.1 Å². The second-order valence-electron chi connectivity index (χ2n) is 5.81. The lowest BCUT2D eigenvalue weighted by molar-refractivity contribution is 0.168. The fraction of sp³-hybridized carbons (Fsp3) is 0.350. The number of aliphatic imine (C=N–C) groups is 1. The molecule has 0 heterocycles. The molecular formula is C20H26BrN3O2. The molecule has 0 saturated carbocycles. The van der Waals surface area contributed by atoms with Crippen LogP contribution in [0.3, 0.4) is 0 Å². The normalized spacial score (nSPS) is 12.5. The number of methoxy groups -OCH3 is 1. The molecule has 0 amide bonds. The van der Waals surface area contributed by atoms with E-state index in [0.29, 0.717) is 19.5 Å². The van der Waals surface area contributed by atoms with Crippen molar-refractivity contribution in [2.24, 2.45) is 4.99 Å². The number of guanidine groups is 1. The van der Waals surface area contributed by atoms with Gasteiger partial charge in [-0.05, 0) is 52.5 Å². The summed E-state index contributed by atoms with van der Waals surface area (Å²) in [5.74, 6) is 1.54. The van der Waals surface area contributed by atoms with Gasteiger partial charge in [0.05, 0.1) is 24.2 Å². The zero-order valence-corrected chi connectivity index (χ0v) is 16.8. The van der Waals surface area contributed by atoms with E-state index >= 15 is 0 Å². The molecule has 0 aliphatic heterocycles. The Balaban J connectivity index is 1.89. The maximum Gasteiger partial charge on any atom is 0.191 e. The Morgan fingerprint density at radius 2 is 1.96 bits per heavy atom. The van der Waals surface area contributed by atoms with Gasteiger partial charge in [-0.25, -0.2) is 4.99 Å². The SMILES string of the molecule is CCNC(=NCc1ccc(OC)c(Br)c1)NCCC(O)c1ccccc1. The van der Waals surface area contributed by atoms with Crippen molar-refractivity contribution in [3.05, 3.63) is 64.1 Å². The highest BCUT2D eigenvalue weighted by molar-refractivity contribution is 9.10. The third kappa shape index (κ3) is 6.35. The number of nitrogens with zero attached hydrogens (tertiary/aromatic N) is 1. The Morgan fingerprint density at radius 3 is 2.62 bits per heavy atom. The van der Waals surface area contributed by atoms with Crippen LogP contribution in [-0.2, 0) is 6.54 Å². The summed E-state index contributed by atoms with van der Waals surface area (Å²) < 4.78 is 6.16. The van der Waals surface area contributed by atoms with E-state index in [4.69, 9.17) is 4.74 Å². The number of ether oxygens (including phenoxy) is 1. The Morgan fingerprint density at radius 1 is 1.19 bits per heavy atom. The lowest BCUT2D eigenvalue weighted by atomic mass is 10.1. The van der Waals surface area contributed by atoms with Gasteiger partial charge in [0.15, 0.2) is 5.96 Å². The fourth-order valence-corrected chi connectivity index (χ4v) is 3.08. The first kappa shape index (κ1) is 20.3. The van der Waals surface area contributed by atoms with Crippen molar-refractivity contribution < 1.29 is 9.84 Å². The van der Waals surface area contributed by atoms with Crippen molar-refractivity contribution in [1.82, 2.24) is 10.6 Å². The molecular weight excluding hydrogens is 394 g/mol. The number of halogens is 1. The first-order valence-corrected chi connectivity index (χ1v) is 9.51. The summed E-state index contributed by atoms with van der Waals surface area (Å²) in [6.07, 6.45) is 0.131. The molecule has 0 bridgehead atoms. The van der Waals surface area contributed by atoms with Crippen molar-refractivity contribution in [2.75, 3.05) is 20.2 Å². The molecule has 140 valence electrons. The summed E-state index contributed by atoms with van der Waals surface area (Å²) in [6.45, 7) is 3.99. The topological polar surface area (TPSA) is 65.9 Å². The molecule has 1 atom stereocenters. The molecule has 2 rings (SSSR count). The van der Waals surface area contributed by atoms with Gasteiger partial charge in [0.2, 0.25) is 0 Å². The number of nitrogens with one attached hydrogen (secondary N) is 2. The quantitative estimate of drug-likeness (QED) is 0.451. The maximum absolute atomic E-state index is 10.2. The molecule has 26 heavy (non-hydrogen) atoms. The van der Waals surface area contributed by atoms with Gasteiger partial charge in [-0.1, -0.05) is 36.4 Å². The summed E-state index contributed by atoms with van der Waals surface area (Å²) in [4.78, 5) is 4.60. The van der Waals surface area contributed by atoms with E-state index in [-0.39, 0.29) is 0 Å². The minimum Gasteiger partial charge on any atom is -0.496 e. The van der Waals surface area contributed by atoms with Crippen LogP contribution < -0.4 is 15.4 Å². The number of aliphatic hydroxyl groups excluding tert-OH is 1. The molecule has 0 saturated heterocycles. The van der Waals surface area contributed by atoms with Gasteiger partial charge in [0.25, 0.3) is 0 Å². The molecule has 0 spiro atoms. The van der Waals surface area contributed by atoms with Gasteiger partial charge in [-0.2, -0.15) is 0 Å². The zero-order valence-electron chi connectivity index (χ0n) is 15.2. The van der Waals surface area contributed by atoms with Gasteiger partial charge in [-0.3, -0.25) is 0 Å². The van der Waals surface area contributed by atoms with Crippen LogP contribution in [0.5, 0.6) is 5.75 Å². The van der Waals surface area contributed by atoms with Crippen LogP contribution >= 0.6 is 15.9 Å². The van der Waals surface area contributed by atoms with Gasteiger partial charge >= 0.3 is 0 Å². The second kappa shape index (κ2) is 10.8. The maximum atomic E-state index is 10.2. The van der Waals surface area contributed by atoms with Crippen LogP contribution in [-0.4, -0.2) is 31.3 Å². The van der Waals surface area contributed by atoms with Crippen molar-refractivity contribution in [3.8, 4) is 5.75 Å². The summed E-state index contributed by atoms with van der Waals surface area (Å²) in [5, 5.41) is 16.7. The Bertz CT molecular complexity index is 707. The number of hydrogen-bond donors (Lipinski definition) is 3. The largest absolute Gasteiger partial charge is 0.496 e. The van der Waals surface area contributed by atoms with Crippen LogP contribution in [0, 0.1) is 0 Å². The molecule has 0 fully saturated rings. The van der Waals surface area contributed by atoms with Crippen molar-refractivity contribution in [1.29, 1.82) is 0 Å². The highest BCUT2D eigenvalue weighted by atomic mass is 79.9. The van der Waals surface area contributed by atoms with E-state index in [1.165, 1.54) is 0 Å². The summed E-state index contributed by atoms with van der Waals surface area (Å²) in [5.41, 5.74) is 2.01. The Labute approximate surface area is 163 Å². The fourth-order valence-electron chi connectivity index (χ4n) is 2.49. The third-order valence-corrected chi connectivity index (χ3v) is 4.49. The first-order valence-electron chi connectivity index (χ1n) is 8.71. The Hall–Kier alpha value is -2.05. The van der Waals surface area contributed by atoms with Gasteiger partial charge in [-0.15, -0.1) is 0 Å². The van der Waals surface area contributed by atoms with E-state index in [2.05, 4.69) is 31.6 Å². The molecule has 2 aromatic rings. The molecule has 0 aliphatic rings. The predicted molar refractivity (Wildman–Crippen MR) is 110 cm³/mol. The predicted octanol–water partition coefficient (Wildman–Crippen LogP) is 3.64. The minimum absolute atomic E-state index is 0.482. The van der Waals surface area contributed by atoms with Gasteiger partial charge < -0.3 is 20.5 Å². The molecule has 2 aromatic carbocycles. The first-order chi connectivity index (χ1) is 12.6. The average Bonchev–Trinajstić information content (AvgIpc) is 2.66. The number of benzene rings is 2. The Kier molecular flexibility index (Phi) is 8.44. The van der Waals surface area contributed by atoms with E-state index in [0.717, 1.165) is 33.9 Å². The number of hydrogen-bond acceptors (Lipinski definition) is 3. The van der Waals surface area contributed by atoms with E-state index in [1.807, 2.05) is 55.5 Å². The molecule has 3 N–H and O–H groups in total. The third-order valence-electron chi connectivity index (χ3n) is 3.87. The van der Waals surface area contributed by atoms with Crippen molar-refractivity contribution in [3.63, 3.8) is 0 Å². The zero-order chi connectivity index (χ0) is 18.8. The van der Waals surface area contributed by atoms with Gasteiger partial charge in [0.1, 0.15) is 5.75 Å². The molecule has 0 aromatic heterocycles. The van der Waals surface area contributed by atoms with Crippen LogP contribution in [0.4, 0.5) is 0 Å². The summed E-state index contributed by atoms with van der Waals surface area (Å²) in [6, 6.07) is 15.6. The van der Waals surface area contributed by atoms with Crippen LogP contribution in [0.1, 0.15) is 30.6 Å². The summed E-state index contributed by atoms with van der Waals surface area (Å²) in [7, 11) is 1.65. The average molecular weight is 420 g/mol. The lowest BCUT2D eigenvalue weighted by Crippen LogP contribution is -2.38. The minimum atomic E-state index is -0.482. The molecule has 0 aliphatic carbocycles. The van der Waals surface area contributed by atoms with Crippen LogP contribution in [0.2, 0.25) is 0 Å². The van der Waals surface area contributed by atoms with Crippen LogP contribution in [0.25, 0.3) is 0 Å². The van der Waals surface area contributed by atoms with E-state index in [9.17, 15) is 5.11 Å². The van der Waals surface area contributed by atoms with E-state index < -0.39 is 6.10 Å².